The summed E-state index contributed by atoms with van der Waals surface area (Å²) in [6.07, 6.45) is 0.421. The average Bonchev–Trinajstić information content (AvgIpc) is 2.91. The lowest BCUT2D eigenvalue weighted by atomic mass is 10.2. The van der Waals surface area contributed by atoms with Gasteiger partial charge in [0.15, 0.2) is 16.4 Å². The molecule has 1 fully saturated rings. The van der Waals surface area contributed by atoms with Gasteiger partial charge in [-0.1, -0.05) is 0 Å². The Morgan fingerprint density at radius 1 is 1.17 bits per heavy atom. The zero-order valence-electron chi connectivity index (χ0n) is 14.1. The number of nitrogens with zero attached hydrogens (tertiary/aromatic N) is 2. The van der Waals surface area contributed by atoms with Crippen LogP contribution in [0, 0.1) is 0 Å². The van der Waals surface area contributed by atoms with Gasteiger partial charge in [-0.3, -0.25) is 4.79 Å². The minimum atomic E-state index is -3.07. The molecule has 1 amide bonds. The zero-order valence-corrected chi connectivity index (χ0v) is 14.9. The molecule has 0 radical (unpaired) electrons. The van der Waals surface area contributed by atoms with Gasteiger partial charge < -0.3 is 14.5 Å². The van der Waals surface area contributed by atoms with Crippen LogP contribution in [-0.4, -0.2) is 70.5 Å². The van der Waals surface area contributed by atoms with Gasteiger partial charge in [-0.2, -0.15) is 0 Å². The Bertz CT molecular complexity index is 712. The van der Waals surface area contributed by atoms with E-state index < -0.39 is 28.3 Å². The number of hydrogen-bond acceptors (Lipinski definition) is 6. The third-order valence-corrected chi connectivity index (χ3v) is 5.85. The van der Waals surface area contributed by atoms with E-state index in [9.17, 15) is 18.0 Å². The van der Waals surface area contributed by atoms with E-state index >= 15 is 0 Å². The fraction of sp³-hybridized carbons (Fsp3) is 0.500. The van der Waals surface area contributed by atoms with Crippen molar-refractivity contribution in [3.05, 3.63) is 29.8 Å². The van der Waals surface area contributed by atoms with Crippen LogP contribution in [-0.2, 0) is 19.4 Å². The summed E-state index contributed by atoms with van der Waals surface area (Å²) < 4.78 is 28.0. The second kappa shape index (κ2) is 7.21. The molecule has 0 aliphatic carbocycles. The minimum Gasteiger partial charge on any atom is -0.452 e. The number of ether oxygens (including phenoxy) is 1. The summed E-state index contributed by atoms with van der Waals surface area (Å²) in [5, 5.41) is 0. The van der Waals surface area contributed by atoms with Gasteiger partial charge in [0.2, 0.25) is 0 Å². The highest BCUT2D eigenvalue weighted by atomic mass is 32.2. The maximum absolute atomic E-state index is 12.1. The van der Waals surface area contributed by atoms with Crippen LogP contribution >= 0.6 is 0 Å². The lowest BCUT2D eigenvalue weighted by molar-refractivity contribution is -0.134. The van der Waals surface area contributed by atoms with Crippen molar-refractivity contribution in [1.82, 2.24) is 4.90 Å². The largest absolute Gasteiger partial charge is 0.452 e. The Hall–Kier alpha value is -2.09. The number of carbonyl (C=O) groups is 2. The van der Waals surface area contributed by atoms with Crippen molar-refractivity contribution in [2.45, 2.75) is 12.5 Å². The number of likely N-dealkylation sites (N-methyl/N-ethyl adjacent to an activating group) is 1. The van der Waals surface area contributed by atoms with Crippen LogP contribution in [0.15, 0.2) is 24.3 Å². The Kier molecular flexibility index (Phi) is 5.48. The first-order valence-corrected chi connectivity index (χ1v) is 9.42. The zero-order chi connectivity index (χ0) is 17.9. The highest BCUT2D eigenvalue weighted by molar-refractivity contribution is 7.91. The van der Waals surface area contributed by atoms with Gasteiger partial charge in [0.1, 0.15) is 0 Å². The molecular formula is C16H22N2O5S. The molecule has 0 N–H and O–H groups in total. The van der Waals surface area contributed by atoms with Gasteiger partial charge in [0.05, 0.1) is 17.1 Å². The van der Waals surface area contributed by atoms with E-state index in [1.807, 2.05) is 19.0 Å². The van der Waals surface area contributed by atoms with E-state index in [-0.39, 0.29) is 17.5 Å². The molecule has 1 aromatic rings. The van der Waals surface area contributed by atoms with Crippen molar-refractivity contribution in [2.75, 3.05) is 44.2 Å². The van der Waals surface area contributed by atoms with Gasteiger partial charge in [0.25, 0.3) is 5.91 Å². The van der Waals surface area contributed by atoms with Crippen molar-refractivity contribution in [1.29, 1.82) is 0 Å². The molecule has 8 heteroatoms. The van der Waals surface area contributed by atoms with Crippen molar-refractivity contribution in [3.63, 3.8) is 0 Å². The predicted molar refractivity (Wildman–Crippen MR) is 90.9 cm³/mol. The lowest BCUT2D eigenvalue weighted by Gasteiger charge is -2.23. The van der Waals surface area contributed by atoms with Crippen LogP contribution < -0.4 is 4.90 Å². The molecule has 2 rings (SSSR count). The number of benzene rings is 1. The minimum absolute atomic E-state index is 0.0326. The van der Waals surface area contributed by atoms with E-state index in [0.29, 0.717) is 12.0 Å². The van der Waals surface area contributed by atoms with Crippen molar-refractivity contribution in [2.24, 2.45) is 0 Å². The summed E-state index contributed by atoms with van der Waals surface area (Å²) in [4.78, 5) is 27.3. The number of anilines is 1. The van der Waals surface area contributed by atoms with Gasteiger partial charge in [-0.15, -0.1) is 0 Å². The van der Waals surface area contributed by atoms with Crippen molar-refractivity contribution >= 4 is 27.4 Å². The highest BCUT2D eigenvalue weighted by Crippen LogP contribution is 2.17. The third kappa shape index (κ3) is 4.47. The van der Waals surface area contributed by atoms with E-state index in [1.165, 1.54) is 11.9 Å². The second-order valence-corrected chi connectivity index (χ2v) is 8.31. The smallest absolute Gasteiger partial charge is 0.338 e. The number of amides is 1. The number of sulfone groups is 1. The summed E-state index contributed by atoms with van der Waals surface area (Å²) in [5.74, 6) is -0.931. The molecule has 0 unspecified atom stereocenters. The first kappa shape index (κ1) is 18.3. The number of esters is 1. The maximum atomic E-state index is 12.1. The van der Waals surface area contributed by atoms with E-state index in [0.717, 1.165) is 5.69 Å². The lowest BCUT2D eigenvalue weighted by Crippen LogP contribution is -2.40. The monoisotopic (exact) mass is 354 g/mol. The number of hydrogen-bond donors (Lipinski definition) is 0. The van der Waals surface area contributed by atoms with E-state index in [4.69, 9.17) is 4.74 Å². The molecule has 1 aromatic carbocycles. The molecule has 7 nitrogen and oxygen atoms in total. The first-order valence-electron chi connectivity index (χ1n) is 7.60. The molecular weight excluding hydrogens is 332 g/mol. The van der Waals surface area contributed by atoms with Crippen LogP contribution in [0.2, 0.25) is 0 Å². The normalized spacial score (nSPS) is 18.9. The average molecular weight is 354 g/mol. The fourth-order valence-electron chi connectivity index (χ4n) is 2.49. The quantitative estimate of drug-likeness (QED) is 0.718. The fourth-order valence-corrected chi connectivity index (χ4v) is 4.27. The van der Waals surface area contributed by atoms with Crippen LogP contribution in [0.1, 0.15) is 16.8 Å². The van der Waals surface area contributed by atoms with E-state index in [1.54, 1.807) is 24.3 Å². The molecule has 0 bridgehead atoms. The SMILES string of the molecule is CN(C)c1ccc(C(=O)OCC(=O)N(C)[C@@H]2CCS(=O)(=O)C2)cc1. The first-order chi connectivity index (χ1) is 11.2. The summed E-state index contributed by atoms with van der Waals surface area (Å²) in [7, 11) is 2.26. The summed E-state index contributed by atoms with van der Waals surface area (Å²) in [6, 6.07) is 6.49. The maximum Gasteiger partial charge on any atom is 0.338 e. The molecule has 0 spiro atoms. The Morgan fingerprint density at radius 3 is 2.29 bits per heavy atom. The summed E-state index contributed by atoms with van der Waals surface area (Å²) in [6.45, 7) is -0.401. The Balaban J connectivity index is 1.88. The number of rotatable bonds is 5. The molecule has 1 aliphatic rings. The molecule has 132 valence electrons. The molecule has 24 heavy (non-hydrogen) atoms. The van der Waals surface area contributed by atoms with Crippen LogP contribution in [0.25, 0.3) is 0 Å². The predicted octanol–water partition coefficient (Wildman–Crippen LogP) is 0.555. The Labute approximate surface area is 142 Å². The Morgan fingerprint density at radius 2 is 1.79 bits per heavy atom. The van der Waals surface area contributed by atoms with Gasteiger partial charge in [0, 0.05) is 32.9 Å². The summed E-state index contributed by atoms with van der Waals surface area (Å²) >= 11 is 0. The van der Waals surface area contributed by atoms with Crippen molar-refractivity contribution in [3.8, 4) is 0 Å². The molecule has 1 heterocycles. The van der Waals surface area contributed by atoms with E-state index in [2.05, 4.69) is 0 Å². The molecule has 0 aromatic heterocycles. The topological polar surface area (TPSA) is 84.0 Å². The van der Waals surface area contributed by atoms with Crippen molar-refractivity contribution < 1.29 is 22.7 Å². The standard InChI is InChI=1S/C16H22N2O5S/c1-17(2)13-6-4-12(5-7-13)16(20)23-10-15(19)18(3)14-8-9-24(21,22)11-14/h4-7,14H,8-11H2,1-3H3/t14-/m1/s1. The van der Waals surface area contributed by atoms with Gasteiger partial charge >= 0.3 is 5.97 Å². The van der Waals surface area contributed by atoms with Crippen LogP contribution in [0.4, 0.5) is 5.69 Å². The summed E-state index contributed by atoms with van der Waals surface area (Å²) in [5.41, 5.74) is 1.31. The molecule has 1 atom stereocenters. The molecule has 1 aliphatic heterocycles. The number of carbonyl (C=O) groups excluding carboxylic acids is 2. The van der Waals surface area contributed by atoms with Gasteiger partial charge in [-0.25, -0.2) is 13.2 Å². The molecule has 1 saturated heterocycles. The van der Waals surface area contributed by atoms with Gasteiger partial charge in [-0.05, 0) is 30.7 Å². The van der Waals surface area contributed by atoms with Crippen LogP contribution in [0.3, 0.4) is 0 Å². The van der Waals surface area contributed by atoms with Crippen LogP contribution in [0.5, 0.6) is 0 Å². The highest BCUT2D eigenvalue weighted by Gasteiger charge is 2.32. The second-order valence-electron chi connectivity index (χ2n) is 6.08. The third-order valence-electron chi connectivity index (χ3n) is 4.10. The molecule has 0 saturated carbocycles.